The average Bonchev–Trinajstić information content (AvgIpc) is 2.59. The molecule has 0 atom stereocenters. The van der Waals surface area contributed by atoms with Crippen LogP contribution in [0.25, 0.3) is 5.69 Å². The monoisotopic (exact) mass is 256 g/mol. The SMILES string of the molecule is O=c1ssc(=O)n1-c1ccc([N+](=O)[O-])cc1. The molecule has 0 unspecified atom stereocenters. The molecular formula is C8H4N2O4S2. The van der Waals surface area contributed by atoms with Gasteiger partial charge in [-0.2, -0.15) is 0 Å². The number of benzene rings is 1. The van der Waals surface area contributed by atoms with E-state index < -0.39 is 4.92 Å². The van der Waals surface area contributed by atoms with E-state index in [4.69, 9.17) is 0 Å². The first-order valence-electron chi connectivity index (χ1n) is 4.06. The van der Waals surface area contributed by atoms with E-state index in [1.54, 1.807) is 0 Å². The first-order valence-corrected chi connectivity index (χ1v) is 6.21. The fourth-order valence-electron chi connectivity index (χ4n) is 1.15. The molecule has 0 bridgehead atoms. The van der Waals surface area contributed by atoms with E-state index in [9.17, 15) is 19.7 Å². The molecule has 0 fully saturated rings. The van der Waals surface area contributed by atoms with Gasteiger partial charge in [-0.1, -0.05) is 0 Å². The Morgan fingerprint density at radius 3 is 2.00 bits per heavy atom. The van der Waals surface area contributed by atoms with Gasteiger partial charge in [0, 0.05) is 12.1 Å². The van der Waals surface area contributed by atoms with E-state index in [2.05, 4.69) is 0 Å². The summed E-state index contributed by atoms with van der Waals surface area (Å²) in [5.41, 5.74) is 0.265. The molecule has 2 aromatic rings. The molecule has 0 aliphatic carbocycles. The molecule has 6 nitrogen and oxygen atoms in total. The molecule has 1 heterocycles. The molecular weight excluding hydrogens is 252 g/mol. The molecule has 2 rings (SSSR count). The van der Waals surface area contributed by atoms with Gasteiger partial charge in [0.15, 0.2) is 0 Å². The van der Waals surface area contributed by atoms with Gasteiger partial charge in [-0.15, -0.1) is 0 Å². The normalized spacial score (nSPS) is 10.2. The fourth-order valence-corrected chi connectivity index (χ4v) is 2.76. The molecule has 0 saturated carbocycles. The number of nitro benzene ring substituents is 1. The molecule has 1 aromatic heterocycles. The maximum atomic E-state index is 11.3. The van der Waals surface area contributed by atoms with Crippen LogP contribution < -0.4 is 9.75 Å². The van der Waals surface area contributed by atoms with Crippen molar-refractivity contribution in [2.45, 2.75) is 0 Å². The molecule has 8 heteroatoms. The Bertz CT molecular complexity index is 610. The van der Waals surface area contributed by atoms with Gasteiger partial charge in [-0.3, -0.25) is 19.7 Å². The Labute approximate surface area is 95.6 Å². The van der Waals surface area contributed by atoms with Crippen LogP contribution in [-0.4, -0.2) is 9.49 Å². The number of aromatic nitrogens is 1. The molecule has 0 radical (unpaired) electrons. The molecule has 1 aromatic carbocycles. The van der Waals surface area contributed by atoms with Crippen LogP contribution in [0, 0.1) is 10.1 Å². The zero-order valence-electron chi connectivity index (χ0n) is 7.65. The summed E-state index contributed by atoms with van der Waals surface area (Å²) in [7, 11) is 1.68. The van der Waals surface area contributed by atoms with Crippen LogP contribution in [0.3, 0.4) is 0 Å². The van der Waals surface area contributed by atoms with Crippen molar-refractivity contribution < 1.29 is 4.92 Å². The van der Waals surface area contributed by atoms with Crippen molar-refractivity contribution in [3.05, 3.63) is 53.7 Å². The third-order valence-corrected chi connectivity index (χ3v) is 3.71. The Hall–Kier alpha value is -1.80. The largest absolute Gasteiger partial charge is 0.325 e. The summed E-state index contributed by atoms with van der Waals surface area (Å²) in [4.78, 5) is 31.7. The third kappa shape index (κ3) is 1.79. The van der Waals surface area contributed by atoms with Crippen LogP contribution in [0.4, 0.5) is 5.69 Å². The number of rotatable bonds is 2. The number of nitro groups is 1. The van der Waals surface area contributed by atoms with E-state index in [0.717, 1.165) is 25.2 Å². The molecule has 0 N–H and O–H groups in total. The van der Waals surface area contributed by atoms with Crippen LogP contribution in [0.2, 0.25) is 0 Å². The zero-order valence-corrected chi connectivity index (χ0v) is 9.29. The molecule has 0 saturated heterocycles. The van der Waals surface area contributed by atoms with Gasteiger partial charge in [0.05, 0.1) is 10.6 Å². The minimum Gasteiger partial charge on any atom is -0.258 e. The molecule has 0 aliphatic rings. The standard InChI is InChI=1S/C8H4N2O4S2/c11-7-9(8(12)16-15-7)5-1-3-6(4-2-5)10(13)14/h1-4H. The molecule has 82 valence electrons. The summed E-state index contributed by atoms with van der Waals surface area (Å²) in [6, 6.07) is 5.26. The lowest BCUT2D eigenvalue weighted by atomic mass is 10.3. The van der Waals surface area contributed by atoms with Crippen molar-refractivity contribution in [3.8, 4) is 5.69 Å². The molecule has 0 spiro atoms. The predicted molar refractivity (Wildman–Crippen MR) is 60.7 cm³/mol. The second-order valence-electron chi connectivity index (χ2n) is 2.81. The van der Waals surface area contributed by atoms with E-state index in [1.807, 2.05) is 0 Å². The Morgan fingerprint density at radius 1 is 1.06 bits per heavy atom. The maximum Gasteiger partial charge on any atom is 0.325 e. The van der Waals surface area contributed by atoms with Crippen molar-refractivity contribution in [2.24, 2.45) is 0 Å². The smallest absolute Gasteiger partial charge is 0.258 e. The Kier molecular flexibility index (Phi) is 2.67. The van der Waals surface area contributed by atoms with Gasteiger partial charge in [0.25, 0.3) is 5.69 Å². The zero-order chi connectivity index (χ0) is 11.7. The third-order valence-electron chi connectivity index (χ3n) is 1.87. The van der Waals surface area contributed by atoms with Gasteiger partial charge in [0.1, 0.15) is 0 Å². The summed E-state index contributed by atoms with van der Waals surface area (Å²) in [5, 5.41) is 10.4. The van der Waals surface area contributed by atoms with E-state index >= 15 is 0 Å². The van der Waals surface area contributed by atoms with Crippen molar-refractivity contribution in [1.82, 2.24) is 4.57 Å². The first-order chi connectivity index (χ1) is 7.59. The predicted octanol–water partition coefficient (Wildman–Crippen LogP) is 1.23. The van der Waals surface area contributed by atoms with Gasteiger partial charge in [-0.25, -0.2) is 4.57 Å². The molecule has 0 amide bonds. The van der Waals surface area contributed by atoms with Crippen LogP contribution in [-0.2, 0) is 0 Å². The summed E-state index contributed by atoms with van der Waals surface area (Å²) in [6.07, 6.45) is 0. The number of non-ortho nitro benzene ring substituents is 1. The summed E-state index contributed by atoms with van der Waals surface area (Å²) >= 11 is 0. The summed E-state index contributed by atoms with van der Waals surface area (Å²) < 4.78 is 0.985. The van der Waals surface area contributed by atoms with E-state index in [-0.39, 0.29) is 15.4 Å². The van der Waals surface area contributed by atoms with Crippen molar-refractivity contribution in [3.63, 3.8) is 0 Å². The lowest BCUT2D eigenvalue weighted by Gasteiger charge is -1.97. The minimum absolute atomic E-state index is 0.0804. The fraction of sp³-hybridized carbons (Fsp3) is 0. The number of hydrogen-bond acceptors (Lipinski definition) is 6. The van der Waals surface area contributed by atoms with Gasteiger partial charge in [-0.05, 0) is 32.8 Å². The topological polar surface area (TPSA) is 82.2 Å². The Balaban J connectivity index is 2.55. The lowest BCUT2D eigenvalue weighted by molar-refractivity contribution is -0.384. The van der Waals surface area contributed by atoms with Gasteiger partial charge in [0.2, 0.25) is 0 Å². The van der Waals surface area contributed by atoms with Crippen LogP contribution in [0.15, 0.2) is 33.9 Å². The lowest BCUT2D eigenvalue weighted by Crippen LogP contribution is -2.21. The highest BCUT2D eigenvalue weighted by Gasteiger charge is 2.09. The minimum atomic E-state index is -0.541. The van der Waals surface area contributed by atoms with Gasteiger partial charge < -0.3 is 0 Å². The first kappa shape index (κ1) is 10.7. The number of hydrogen-bond donors (Lipinski definition) is 0. The second kappa shape index (κ2) is 3.99. The van der Waals surface area contributed by atoms with Crippen molar-refractivity contribution in [1.29, 1.82) is 0 Å². The number of nitrogens with zero attached hydrogens (tertiary/aromatic N) is 2. The summed E-state index contributed by atoms with van der Waals surface area (Å²) in [5.74, 6) is 0. The highest BCUT2D eigenvalue weighted by atomic mass is 32.9. The van der Waals surface area contributed by atoms with E-state index in [1.165, 1.54) is 24.3 Å². The van der Waals surface area contributed by atoms with Crippen LogP contribution in [0.5, 0.6) is 0 Å². The molecule has 0 aliphatic heterocycles. The highest BCUT2D eigenvalue weighted by Crippen LogP contribution is 2.13. The van der Waals surface area contributed by atoms with Gasteiger partial charge >= 0.3 is 9.75 Å². The maximum absolute atomic E-state index is 11.3. The molecule has 16 heavy (non-hydrogen) atoms. The van der Waals surface area contributed by atoms with E-state index in [0.29, 0.717) is 5.69 Å². The van der Waals surface area contributed by atoms with Crippen molar-refractivity contribution >= 4 is 26.4 Å². The Morgan fingerprint density at radius 2 is 1.56 bits per heavy atom. The quantitative estimate of drug-likeness (QED) is 0.459. The van der Waals surface area contributed by atoms with Crippen LogP contribution >= 0.6 is 20.7 Å². The second-order valence-corrected chi connectivity index (χ2v) is 4.84. The highest BCUT2D eigenvalue weighted by molar-refractivity contribution is 7.67. The van der Waals surface area contributed by atoms with Crippen LogP contribution in [0.1, 0.15) is 0 Å². The average molecular weight is 256 g/mol. The van der Waals surface area contributed by atoms with Crippen molar-refractivity contribution in [2.75, 3.05) is 0 Å². The summed E-state index contributed by atoms with van der Waals surface area (Å²) in [6.45, 7) is 0.